The Labute approximate surface area is 170 Å². The van der Waals surface area contributed by atoms with Crippen molar-refractivity contribution in [1.82, 2.24) is 0 Å². The van der Waals surface area contributed by atoms with Crippen LogP contribution in [0.1, 0.15) is 58.8 Å². The topological polar surface area (TPSA) is 92.4 Å². The van der Waals surface area contributed by atoms with Gasteiger partial charge in [-0.2, -0.15) is 0 Å². The first-order chi connectivity index (χ1) is 13.6. The minimum absolute atomic E-state index is 0.152. The number of rotatable bonds is 15. The Morgan fingerprint density at radius 3 is 2.54 bits per heavy atom. The number of unbranched alkanes of at least 4 members (excludes halogenated alkanes) is 4. The molecule has 7 heteroatoms. The summed E-state index contributed by atoms with van der Waals surface area (Å²) in [7, 11) is 3.30. The van der Waals surface area contributed by atoms with E-state index in [1.54, 1.807) is 20.3 Å². The highest BCUT2D eigenvalue weighted by Crippen LogP contribution is 2.24. The molecule has 0 spiro atoms. The average Bonchev–Trinajstić information content (AvgIpc) is 2.70. The van der Waals surface area contributed by atoms with E-state index in [-0.39, 0.29) is 12.7 Å². The Balaban J connectivity index is 2.50. The maximum Gasteiger partial charge on any atom is 0.217 e. The summed E-state index contributed by atoms with van der Waals surface area (Å²) in [5.41, 5.74) is 6.25. The SMILES string of the molecule is C/C=C/O[C@H]1O[C@H](COC)[C@@H](O)[C@H](OCCC(CCCCCCC)OC)[C@H]1N. The molecule has 1 heterocycles. The zero-order valence-electron chi connectivity index (χ0n) is 18.0. The molecule has 28 heavy (non-hydrogen) atoms. The van der Waals surface area contributed by atoms with Crippen LogP contribution in [0.3, 0.4) is 0 Å². The first-order valence-electron chi connectivity index (χ1n) is 10.6. The second-order valence-electron chi connectivity index (χ2n) is 7.36. The van der Waals surface area contributed by atoms with Crippen LogP contribution in [-0.2, 0) is 23.7 Å². The van der Waals surface area contributed by atoms with Crippen LogP contribution in [-0.4, -0.2) is 69.3 Å². The fourth-order valence-electron chi connectivity index (χ4n) is 3.42. The summed E-state index contributed by atoms with van der Waals surface area (Å²) in [6, 6.07) is -0.602. The third-order valence-corrected chi connectivity index (χ3v) is 5.11. The predicted molar refractivity (Wildman–Crippen MR) is 109 cm³/mol. The molecular weight excluding hydrogens is 362 g/mol. The summed E-state index contributed by atoms with van der Waals surface area (Å²) >= 11 is 0. The molecular formula is C21H41NO6. The third kappa shape index (κ3) is 8.76. The second kappa shape index (κ2) is 15.2. The van der Waals surface area contributed by atoms with Crippen LogP contribution in [0.15, 0.2) is 12.3 Å². The van der Waals surface area contributed by atoms with Crippen LogP contribution < -0.4 is 5.73 Å². The molecule has 0 bridgehead atoms. The van der Waals surface area contributed by atoms with Crippen LogP contribution in [0, 0.1) is 0 Å². The van der Waals surface area contributed by atoms with Gasteiger partial charge in [-0.3, -0.25) is 0 Å². The van der Waals surface area contributed by atoms with Gasteiger partial charge in [0.05, 0.1) is 25.0 Å². The van der Waals surface area contributed by atoms with Crippen molar-refractivity contribution in [1.29, 1.82) is 0 Å². The fraction of sp³-hybridized carbons (Fsp3) is 0.905. The molecule has 1 aliphatic rings. The number of nitrogens with two attached hydrogens (primary N) is 1. The smallest absolute Gasteiger partial charge is 0.217 e. The minimum Gasteiger partial charge on any atom is -0.471 e. The maximum absolute atomic E-state index is 10.6. The Bertz CT molecular complexity index is 408. The highest BCUT2D eigenvalue weighted by atomic mass is 16.7. The Hall–Kier alpha value is -0.700. The Morgan fingerprint density at radius 1 is 1.14 bits per heavy atom. The second-order valence-corrected chi connectivity index (χ2v) is 7.36. The molecule has 7 nitrogen and oxygen atoms in total. The molecule has 1 saturated heterocycles. The van der Waals surface area contributed by atoms with Crippen LogP contribution in [0.2, 0.25) is 0 Å². The molecule has 1 aliphatic heterocycles. The van der Waals surface area contributed by atoms with E-state index in [4.69, 9.17) is 29.4 Å². The van der Waals surface area contributed by atoms with Crippen LogP contribution >= 0.6 is 0 Å². The van der Waals surface area contributed by atoms with Gasteiger partial charge in [0.2, 0.25) is 6.29 Å². The third-order valence-electron chi connectivity index (χ3n) is 5.11. The van der Waals surface area contributed by atoms with Crippen molar-refractivity contribution in [3.05, 3.63) is 12.3 Å². The Morgan fingerprint density at radius 2 is 1.89 bits per heavy atom. The van der Waals surface area contributed by atoms with E-state index in [1.807, 2.05) is 6.92 Å². The summed E-state index contributed by atoms with van der Waals surface area (Å²) in [6.45, 7) is 4.76. The van der Waals surface area contributed by atoms with Gasteiger partial charge in [0, 0.05) is 20.8 Å². The van der Waals surface area contributed by atoms with E-state index in [2.05, 4.69) is 6.92 Å². The van der Waals surface area contributed by atoms with Crippen molar-refractivity contribution in [3.63, 3.8) is 0 Å². The van der Waals surface area contributed by atoms with Gasteiger partial charge in [-0.1, -0.05) is 45.1 Å². The quantitative estimate of drug-likeness (QED) is 0.321. The van der Waals surface area contributed by atoms with E-state index in [1.165, 1.54) is 31.9 Å². The molecule has 0 aromatic rings. The van der Waals surface area contributed by atoms with E-state index >= 15 is 0 Å². The molecule has 0 aromatic heterocycles. The van der Waals surface area contributed by atoms with Crippen molar-refractivity contribution in [2.75, 3.05) is 27.4 Å². The number of aliphatic hydroxyl groups is 1. The number of ether oxygens (including phenoxy) is 5. The van der Waals surface area contributed by atoms with Gasteiger partial charge >= 0.3 is 0 Å². The Kier molecular flexibility index (Phi) is 13.7. The van der Waals surface area contributed by atoms with Gasteiger partial charge in [0.15, 0.2) is 0 Å². The lowest BCUT2D eigenvalue weighted by Crippen LogP contribution is -2.63. The normalized spacial score (nSPS) is 29.3. The average molecular weight is 404 g/mol. The van der Waals surface area contributed by atoms with E-state index in [0.717, 1.165) is 19.3 Å². The molecule has 1 unspecified atom stereocenters. The molecule has 1 fully saturated rings. The predicted octanol–water partition coefficient (Wildman–Crippen LogP) is 2.75. The van der Waals surface area contributed by atoms with Gasteiger partial charge in [0.1, 0.15) is 18.3 Å². The minimum atomic E-state index is -0.879. The summed E-state index contributed by atoms with van der Waals surface area (Å²) in [6.07, 6.45) is 8.72. The molecule has 1 rings (SSSR count). The van der Waals surface area contributed by atoms with Crippen molar-refractivity contribution in [2.24, 2.45) is 5.73 Å². The highest BCUT2D eigenvalue weighted by molar-refractivity contribution is 4.93. The monoisotopic (exact) mass is 403 g/mol. The number of hydrogen-bond donors (Lipinski definition) is 2. The van der Waals surface area contributed by atoms with Crippen LogP contribution in [0.5, 0.6) is 0 Å². The number of hydrogen-bond acceptors (Lipinski definition) is 7. The van der Waals surface area contributed by atoms with Crippen molar-refractivity contribution in [3.8, 4) is 0 Å². The number of methoxy groups -OCH3 is 2. The highest BCUT2D eigenvalue weighted by Gasteiger charge is 2.45. The fourth-order valence-corrected chi connectivity index (χ4v) is 3.42. The van der Waals surface area contributed by atoms with Crippen molar-refractivity contribution in [2.45, 2.75) is 95.5 Å². The number of allylic oxidation sites excluding steroid dienone is 1. The van der Waals surface area contributed by atoms with Gasteiger partial charge in [-0.25, -0.2) is 0 Å². The number of aliphatic hydroxyl groups excluding tert-OH is 1. The standard InChI is InChI=1S/C21H41NO6/c1-5-7-8-9-10-11-16(25-4)12-14-26-20-18(22)21(27-13-6-2)28-17(15-24-3)19(20)23/h6,13,16-21,23H,5,7-12,14-15,22H2,1-4H3/b13-6+/t16?,17-,18-,19-,20-,21+/m1/s1. The van der Waals surface area contributed by atoms with E-state index < -0.39 is 30.6 Å². The lowest BCUT2D eigenvalue weighted by atomic mass is 9.97. The summed E-state index contributed by atoms with van der Waals surface area (Å²) in [5.74, 6) is 0. The summed E-state index contributed by atoms with van der Waals surface area (Å²) < 4.78 is 28.0. The molecule has 166 valence electrons. The van der Waals surface area contributed by atoms with Gasteiger partial charge in [0.25, 0.3) is 0 Å². The van der Waals surface area contributed by atoms with Crippen molar-refractivity contribution >= 4 is 0 Å². The molecule has 0 aliphatic carbocycles. The van der Waals surface area contributed by atoms with Crippen LogP contribution in [0.25, 0.3) is 0 Å². The van der Waals surface area contributed by atoms with E-state index in [9.17, 15) is 5.11 Å². The van der Waals surface area contributed by atoms with Crippen LogP contribution in [0.4, 0.5) is 0 Å². The largest absolute Gasteiger partial charge is 0.471 e. The van der Waals surface area contributed by atoms with Crippen molar-refractivity contribution < 1.29 is 28.8 Å². The molecule has 0 amide bonds. The van der Waals surface area contributed by atoms with Gasteiger partial charge in [-0.15, -0.1) is 0 Å². The van der Waals surface area contributed by atoms with Gasteiger partial charge < -0.3 is 34.5 Å². The molecule has 0 aromatic carbocycles. The zero-order chi connectivity index (χ0) is 20.8. The van der Waals surface area contributed by atoms with E-state index in [0.29, 0.717) is 6.61 Å². The first kappa shape index (κ1) is 25.3. The molecule has 0 saturated carbocycles. The lowest BCUT2D eigenvalue weighted by Gasteiger charge is -2.42. The first-order valence-corrected chi connectivity index (χ1v) is 10.6. The maximum atomic E-state index is 10.6. The summed E-state index contributed by atoms with van der Waals surface area (Å²) in [5, 5.41) is 10.6. The molecule has 3 N–H and O–H groups in total. The lowest BCUT2D eigenvalue weighted by molar-refractivity contribution is -0.260. The zero-order valence-corrected chi connectivity index (χ0v) is 18.0. The molecule has 0 radical (unpaired) electrons. The summed E-state index contributed by atoms with van der Waals surface area (Å²) in [4.78, 5) is 0. The molecule has 6 atom stereocenters. The van der Waals surface area contributed by atoms with Gasteiger partial charge in [-0.05, 0) is 19.8 Å².